The molecule has 0 heterocycles. The van der Waals surface area contributed by atoms with Gasteiger partial charge in [-0.2, -0.15) is 5.26 Å². The van der Waals surface area contributed by atoms with Crippen molar-refractivity contribution in [3.05, 3.63) is 64.2 Å². The molecule has 0 bridgehead atoms. The maximum absolute atomic E-state index is 9.61. The van der Waals surface area contributed by atoms with E-state index in [0.717, 1.165) is 29.7 Å². The lowest BCUT2D eigenvalue weighted by Gasteiger charge is -2.15. The van der Waals surface area contributed by atoms with Gasteiger partial charge in [-0.05, 0) is 55.0 Å². The van der Waals surface area contributed by atoms with Crippen molar-refractivity contribution in [3.8, 4) is 11.8 Å². The summed E-state index contributed by atoms with van der Waals surface area (Å²) in [5.74, 6) is 0.770. The first-order valence-electron chi connectivity index (χ1n) is 7.71. The SMILES string of the molecule is CCc1cc(C(C#N)Cc2cc(C)ccc2C)ccc1OC. The minimum absolute atomic E-state index is 0.128. The van der Waals surface area contributed by atoms with Gasteiger partial charge in [0, 0.05) is 0 Å². The smallest absolute Gasteiger partial charge is 0.122 e. The molecule has 2 rings (SSSR count). The molecule has 0 aromatic heterocycles. The molecule has 0 amide bonds. The summed E-state index contributed by atoms with van der Waals surface area (Å²) in [6.45, 7) is 6.30. The lowest BCUT2D eigenvalue weighted by atomic mass is 9.89. The van der Waals surface area contributed by atoms with Crippen molar-refractivity contribution in [1.82, 2.24) is 0 Å². The number of rotatable bonds is 5. The van der Waals surface area contributed by atoms with E-state index >= 15 is 0 Å². The number of methoxy groups -OCH3 is 1. The van der Waals surface area contributed by atoms with Gasteiger partial charge in [-0.3, -0.25) is 0 Å². The molecule has 2 aromatic carbocycles. The third-order valence-corrected chi connectivity index (χ3v) is 4.17. The van der Waals surface area contributed by atoms with E-state index in [1.54, 1.807) is 7.11 Å². The molecule has 22 heavy (non-hydrogen) atoms. The first-order chi connectivity index (χ1) is 10.6. The highest BCUT2D eigenvalue weighted by atomic mass is 16.5. The molecule has 0 fully saturated rings. The minimum Gasteiger partial charge on any atom is -0.496 e. The van der Waals surface area contributed by atoms with E-state index in [1.165, 1.54) is 16.7 Å². The van der Waals surface area contributed by atoms with Crippen LogP contribution in [0, 0.1) is 25.2 Å². The Morgan fingerprint density at radius 1 is 1.09 bits per heavy atom. The highest BCUT2D eigenvalue weighted by Crippen LogP contribution is 2.28. The maximum atomic E-state index is 9.61. The van der Waals surface area contributed by atoms with Crippen LogP contribution in [0.15, 0.2) is 36.4 Å². The molecule has 0 aliphatic heterocycles. The van der Waals surface area contributed by atoms with Crippen LogP contribution in [0.4, 0.5) is 0 Å². The van der Waals surface area contributed by atoms with E-state index in [-0.39, 0.29) is 5.92 Å². The van der Waals surface area contributed by atoms with Crippen molar-refractivity contribution in [2.75, 3.05) is 7.11 Å². The normalized spacial score (nSPS) is 11.8. The van der Waals surface area contributed by atoms with Crippen molar-refractivity contribution in [2.24, 2.45) is 0 Å². The van der Waals surface area contributed by atoms with Gasteiger partial charge in [0.2, 0.25) is 0 Å². The first-order valence-corrected chi connectivity index (χ1v) is 7.71. The van der Waals surface area contributed by atoms with Gasteiger partial charge in [0.05, 0.1) is 19.1 Å². The van der Waals surface area contributed by atoms with Gasteiger partial charge >= 0.3 is 0 Å². The van der Waals surface area contributed by atoms with E-state index in [1.807, 2.05) is 12.1 Å². The van der Waals surface area contributed by atoms with Crippen LogP contribution >= 0.6 is 0 Å². The Bertz CT molecular complexity index is 697. The number of aryl methyl sites for hydroxylation is 3. The zero-order valence-electron chi connectivity index (χ0n) is 13.8. The van der Waals surface area contributed by atoms with Crippen LogP contribution in [-0.2, 0) is 12.8 Å². The molecule has 114 valence electrons. The van der Waals surface area contributed by atoms with Gasteiger partial charge in [-0.25, -0.2) is 0 Å². The fraction of sp³-hybridized carbons (Fsp3) is 0.350. The monoisotopic (exact) mass is 293 g/mol. The zero-order valence-corrected chi connectivity index (χ0v) is 13.8. The first kappa shape index (κ1) is 16.1. The summed E-state index contributed by atoms with van der Waals surface area (Å²) in [5, 5.41) is 9.61. The Labute approximate surface area is 133 Å². The van der Waals surface area contributed by atoms with Gasteiger partial charge in [0.1, 0.15) is 5.75 Å². The van der Waals surface area contributed by atoms with Crippen molar-refractivity contribution < 1.29 is 4.74 Å². The lowest BCUT2D eigenvalue weighted by molar-refractivity contribution is 0.410. The summed E-state index contributed by atoms with van der Waals surface area (Å²) in [6, 6.07) is 15.0. The van der Waals surface area contributed by atoms with Crippen LogP contribution < -0.4 is 4.74 Å². The Balaban J connectivity index is 2.33. The largest absolute Gasteiger partial charge is 0.496 e. The summed E-state index contributed by atoms with van der Waals surface area (Å²) in [4.78, 5) is 0. The second-order valence-corrected chi connectivity index (χ2v) is 5.74. The van der Waals surface area contributed by atoms with Crippen LogP contribution in [0.2, 0.25) is 0 Å². The standard InChI is InChI=1S/C20H23NO/c1-5-16-11-17(8-9-20(16)22-4)19(13-21)12-18-10-14(2)6-7-15(18)3/h6-11,19H,5,12H2,1-4H3. The van der Waals surface area contributed by atoms with Crippen molar-refractivity contribution in [3.63, 3.8) is 0 Å². The summed E-state index contributed by atoms with van der Waals surface area (Å²) >= 11 is 0. The fourth-order valence-corrected chi connectivity index (χ4v) is 2.77. The van der Waals surface area contributed by atoms with E-state index in [4.69, 9.17) is 4.74 Å². The lowest BCUT2D eigenvalue weighted by Crippen LogP contribution is -2.04. The zero-order chi connectivity index (χ0) is 16.1. The number of nitriles is 1. The summed E-state index contributed by atoms with van der Waals surface area (Å²) in [5.41, 5.74) is 5.96. The van der Waals surface area contributed by atoms with E-state index < -0.39 is 0 Å². The quantitative estimate of drug-likeness (QED) is 0.798. The predicted octanol–water partition coefficient (Wildman–Crippen LogP) is 4.72. The average molecular weight is 293 g/mol. The van der Waals surface area contributed by atoms with Crippen molar-refractivity contribution in [1.29, 1.82) is 5.26 Å². The van der Waals surface area contributed by atoms with E-state index in [0.29, 0.717) is 0 Å². The number of nitrogens with zero attached hydrogens (tertiary/aromatic N) is 1. The number of ether oxygens (including phenoxy) is 1. The molecule has 0 N–H and O–H groups in total. The van der Waals surface area contributed by atoms with Gasteiger partial charge in [-0.1, -0.05) is 42.8 Å². The van der Waals surface area contributed by atoms with Gasteiger partial charge < -0.3 is 4.74 Å². The van der Waals surface area contributed by atoms with E-state index in [2.05, 4.69) is 51.1 Å². The molecule has 0 spiro atoms. The maximum Gasteiger partial charge on any atom is 0.122 e. The summed E-state index contributed by atoms with van der Waals surface area (Å²) in [7, 11) is 1.69. The Hall–Kier alpha value is -2.27. The Morgan fingerprint density at radius 2 is 1.86 bits per heavy atom. The van der Waals surface area contributed by atoms with E-state index in [9.17, 15) is 5.26 Å². The highest BCUT2D eigenvalue weighted by Gasteiger charge is 2.15. The van der Waals surface area contributed by atoms with Crippen LogP contribution in [0.5, 0.6) is 5.75 Å². The molecule has 2 heteroatoms. The summed E-state index contributed by atoms with van der Waals surface area (Å²) in [6.07, 6.45) is 1.65. The van der Waals surface area contributed by atoms with Gasteiger partial charge in [0.25, 0.3) is 0 Å². The third kappa shape index (κ3) is 3.49. The fourth-order valence-electron chi connectivity index (χ4n) is 2.77. The van der Waals surface area contributed by atoms with Crippen molar-refractivity contribution in [2.45, 2.75) is 39.5 Å². The van der Waals surface area contributed by atoms with Crippen LogP contribution in [0.3, 0.4) is 0 Å². The molecule has 1 unspecified atom stereocenters. The van der Waals surface area contributed by atoms with Crippen molar-refractivity contribution >= 4 is 0 Å². The molecule has 2 aromatic rings. The number of benzene rings is 2. The number of hydrogen-bond acceptors (Lipinski definition) is 2. The van der Waals surface area contributed by atoms with Gasteiger partial charge in [-0.15, -0.1) is 0 Å². The summed E-state index contributed by atoms with van der Waals surface area (Å²) < 4.78 is 5.37. The molecule has 2 nitrogen and oxygen atoms in total. The number of hydrogen-bond donors (Lipinski definition) is 0. The second kappa shape index (κ2) is 7.13. The Kier molecular flexibility index (Phi) is 5.22. The molecule has 0 saturated heterocycles. The van der Waals surface area contributed by atoms with Gasteiger partial charge in [0.15, 0.2) is 0 Å². The second-order valence-electron chi connectivity index (χ2n) is 5.74. The van der Waals surface area contributed by atoms with Crippen LogP contribution in [0.1, 0.15) is 40.7 Å². The van der Waals surface area contributed by atoms with Crippen LogP contribution in [-0.4, -0.2) is 7.11 Å². The molecule has 0 aliphatic rings. The molecule has 0 saturated carbocycles. The molecular formula is C20H23NO. The molecule has 0 radical (unpaired) electrons. The topological polar surface area (TPSA) is 33.0 Å². The van der Waals surface area contributed by atoms with Crippen LogP contribution in [0.25, 0.3) is 0 Å². The molecular weight excluding hydrogens is 270 g/mol. The average Bonchev–Trinajstić information content (AvgIpc) is 2.55. The molecule has 0 aliphatic carbocycles. The Morgan fingerprint density at radius 3 is 2.50 bits per heavy atom. The highest BCUT2D eigenvalue weighted by molar-refractivity contribution is 5.41. The predicted molar refractivity (Wildman–Crippen MR) is 90.3 cm³/mol. The molecule has 1 atom stereocenters. The minimum atomic E-state index is -0.128. The third-order valence-electron chi connectivity index (χ3n) is 4.17.